The summed E-state index contributed by atoms with van der Waals surface area (Å²) < 4.78 is 0. The molecule has 18 heavy (non-hydrogen) atoms. The quantitative estimate of drug-likeness (QED) is 0.636. The average molecular weight is 268 g/mol. The van der Waals surface area contributed by atoms with E-state index >= 15 is 0 Å². The molecule has 0 amide bonds. The maximum absolute atomic E-state index is 5.75. The van der Waals surface area contributed by atoms with Crippen molar-refractivity contribution < 1.29 is 0 Å². The van der Waals surface area contributed by atoms with Crippen LogP contribution in [0.2, 0.25) is 0 Å². The van der Waals surface area contributed by atoms with Crippen molar-refractivity contribution in [1.29, 1.82) is 0 Å². The van der Waals surface area contributed by atoms with E-state index in [4.69, 9.17) is 5.73 Å². The van der Waals surface area contributed by atoms with E-state index in [1.165, 1.54) is 4.88 Å². The first kappa shape index (κ1) is 16.6. The van der Waals surface area contributed by atoms with E-state index in [9.17, 15) is 0 Å². The molecule has 0 unspecified atom stereocenters. The molecule has 0 bridgehead atoms. The van der Waals surface area contributed by atoms with Gasteiger partial charge in [0.2, 0.25) is 0 Å². The van der Waals surface area contributed by atoms with Crippen molar-refractivity contribution in [2.75, 3.05) is 12.8 Å². The summed E-state index contributed by atoms with van der Waals surface area (Å²) in [7, 11) is 1.77. The fourth-order valence-electron chi connectivity index (χ4n) is 1.40. The molecule has 1 aromatic heterocycles. The van der Waals surface area contributed by atoms with Gasteiger partial charge in [0.1, 0.15) is 0 Å². The molecule has 0 atom stereocenters. The number of nitrogen functional groups attached to an aromatic ring is 1. The second kappa shape index (κ2) is 9.65. The van der Waals surface area contributed by atoms with Gasteiger partial charge in [-0.3, -0.25) is 0 Å². The Morgan fingerprint density at radius 3 is 2.67 bits per heavy atom. The molecule has 3 N–H and O–H groups in total. The lowest BCUT2D eigenvalue weighted by molar-refractivity contribution is 0.908. The largest absolute Gasteiger partial charge is 0.375 e. The third kappa shape index (κ3) is 4.87. The van der Waals surface area contributed by atoms with E-state index in [1.807, 2.05) is 26.8 Å². The van der Waals surface area contributed by atoms with Crippen molar-refractivity contribution >= 4 is 28.3 Å². The summed E-state index contributed by atoms with van der Waals surface area (Å²) in [5.74, 6) is 0. The van der Waals surface area contributed by atoms with Gasteiger partial charge in [-0.25, -0.2) is 4.98 Å². The van der Waals surface area contributed by atoms with Gasteiger partial charge in [-0.2, -0.15) is 5.10 Å². The minimum absolute atomic E-state index is 0.621. The summed E-state index contributed by atoms with van der Waals surface area (Å²) in [4.78, 5) is 5.59. The molecular formula is C13H24N4S. The third-order valence-electron chi connectivity index (χ3n) is 2.11. The molecule has 1 aromatic rings. The fourth-order valence-corrected chi connectivity index (χ4v) is 2.35. The highest BCUT2D eigenvalue weighted by atomic mass is 32.1. The highest BCUT2D eigenvalue weighted by Crippen LogP contribution is 2.26. The number of aryl methyl sites for hydroxylation is 1. The van der Waals surface area contributed by atoms with Crippen molar-refractivity contribution in [2.24, 2.45) is 5.10 Å². The SMILES string of the molecule is C/C=C(\C=N/NC)c1nc(N)sc1CCC.CC. The van der Waals surface area contributed by atoms with E-state index in [2.05, 4.69) is 22.4 Å². The Morgan fingerprint density at radius 1 is 1.50 bits per heavy atom. The molecule has 0 saturated heterocycles. The molecule has 102 valence electrons. The minimum atomic E-state index is 0.621. The number of nitrogens with zero attached hydrogens (tertiary/aromatic N) is 2. The van der Waals surface area contributed by atoms with E-state index < -0.39 is 0 Å². The Morgan fingerprint density at radius 2 is 2.17 bits per heavy atom. The molecule has 0 aliphatic carbocycles. The Kier molecular flexibility index (Phi) is 8.92. The zero-order chi connectivity index (χ0) is 14.0. The molecule has 1 heterocycles. The number of anilines is 1. The Labute approximate surface area is 114 Å². The average Bonchev–Trinajstić information content (AvgIpc) is 2.75. The van der Waals surface area contributed by atoms with Crippen LogP contribution in [0.4, 0.5) is 5.13 Å². The van der Waals surface area contributed by atoms with E-state index in [1.54, 1.807) is 24.6 Å². The Balaban J connectivity index is 0.00000137. The van der Waals surface area contributed by atoms with Crippen molar-refractivity contribution in [1.82, 2.24) is 10.4 Å². The van der Waals surface area contributed by atoms with Crippen LogP contribution in [0, 0.1) is 0 Å². The normalized spacial score (nSPS) is 11.3. The van der Waals surface area contributed by atoms with Crippen LogP contribution in [0.5, 0.6) is 0 Å². The molecule has 0 saturated carbocycles. The van der Waals surface area contributed by atoms with Crippen molar-refractivity contribution in [3.8, 4) is 0 Å². The molecule has 0 aliphatic rings. The van der Waals surface area contributed by atoms with Crippen LogP contribution in [0.3, 0.4) is 0 Å². The van der Waals surface area contributed by atoms with Gasteiger partial charge in [-0.05, 0) is 13.3 Å². The first-order valence-corrected chi connectivity index (χ1v) is 7.16. The van der Waals surface area contributed by atoms with Gasteiger partial charge < -0.3 is 11.2 Å². The summed E-state index contributed by atoms with van der Waals surface area (Å²) >= 11 is 1.56. The lowest BCUT2D eigenvalue weighted by atomic mass is 10.1. The summed E-state index contributed by atoms with van der Waals surface area (Å²) in [5.41, 5.74) is 10.5. The number of hydrazone groups is 1. The topological polar surface area (TPSA) is 63.3 Å². The summed E-state index contributed by atoms with van der Waals surface area (Å²) in [6.07, 6.45) is 5.87. The first-order chi connectivity index (χ1) is 8.72. The van der Waals surface area contributed by atoms with Crippen LogP contribution in [0.15, 0.2) is 11.2 Å². The summed E-state index contributed by atoms with van der Waals surface area (Å²) in [6, 6.07) is 0. The van der Waals surface area contributed by atoms with Gasteiger partial charge in [0.05, 0.1) is 11.9 Å². The predicted octanol–water partition coefficient (Wildman–Crippen LogP) is 3.31. The highest BCUT2D eigenvalue weighted by Gasteiger charge is 2.11. The molecule has 0 aromatic carbocycles. The Hall–Kier alpha value is -1.36. The monoisotopic (exact) mass is 268 g/mol. The fraction of sp³-hybridized carbons (Fsp3) is 0.538. The van der Waals surface area contributed by atoms with Crippen LogP contribution >= 0.6 is 11.3 Å². The third-order valence-corrected chi connectivity index (χ3v) is 3.05. The van der Waals surface area contributed by atoms with Gasteiger partial charge in [0.15, 0.2) is 5.13 Å². The molecular weight excluding hydrogens is 244 g/mol. The summed E-state index contributed by atoms with van der Waals surface area (Å²) in [5, 5.41) is 4.63. The number of hydrogen-bond acceptors (Lipinski definition) is 5. The smallest absolute Gasteiger partial charge is 0.180 e. The molecule has 0 fully saturated rings. The zero-order valence-corrected chi connectivity index (χ0v) is 12.8. The second-order valence-corrected chi connectivity index (χ2v) is 4.41. The number of thiazole rings is 1. The maximum Gasteiger partial charge on any atom is 0.180 e. The number of allylic oxidation sites excluding steroid dienone is 2. The minimum Gasteiger partial charge on any atom is -0.375 e. The van der Waals surface area contributed by atoms with Crippen molar-refractivity contribution in [3.63, 3.8) is 0 Å². The molecule has 1 rings (SSSR count). The van der Waals surface area contributed by atoms with Crippen LogP contribution < -0.4 is 11.2 Å². The number of hydrogen-bond donors (Lipinski definition) is 2. The molecule has 0 spiro atoms. The number of nitrogens with two attached hydrogens (primary N) is 1. The standard InChI is InChI=1S/C11H18N4S.C2H6/c1-4-6-9-10(15-11(12)16-9)8(5-2)7-14-13-3;1-2/h5,7,13H,4,6H2,1-3H3,(H2,12,15);1-2H3/b8-5+,14-7-;. The number of aromatic nitrogens is 1. The van der Waals surface area contributed by atoms with Gasteiger partial charge in [0.25, 0.3) is 0 Å². The van der Waals surface area contributed by atoms with Crippen LogP contribution in [0.25, 0.3) is 5.57 Å². The van der Waals surface area contributed by atoms with Gasteiger partial charge >= 0.3 is 0 Å². The first-order valence-electron chi connectivity index (χ1n) is 6.34. The molecule has 0 radical (unpaired) electrons. The molecule has 5 heteroatoms. The van der Waals surface area contributed by atoms with Gasteiger partial charge in [-0.15, -0.1) is 11.3 Å². The van der Waals surface area contributed by atoms with Crippen molar-refractivity contribution in [2.45, 2.75) is 40.5 Å². The lowest BCUT2D eigenvalue weighted by Gasteiger charge is -2.00. The highest BCUT2D eigenvalue weighted by molar-refractivity contribution is 7.15. The van der Waals surface area contributed by atoms with Crippen LogP contribution in [-0.4, -0.2) is 18.2 Å². The van der Waals surface area contributed by atoms with Gasteiger partial charge in [0, 0.05) is 17.5 Å². The number of rotatable bonds is 5. The van der Waals surface area contributed by atoms with Crippen LogP contribution in [0.1, 0.15) is 44.7 Å². The maximum atomic E-state index is 5.75. The number of nitrogens with one attached hydrogen (secondary N) is 1. The second-order valence-electron chi connectivity index (χ2n) is 3.30. The Bertz CT molecular complexity index is 394. The van der Waals surface area contributed by atoms with E-state index in [0.29, 0.717) is 5.13 Å². The van der Waals surface area contributed by atoms with Gasteiger partial charge in [-0.1, -0.05) is 33.3 Å². The zero-order valence-electron chi connectivity index (χ0n) is 11.9. The van der Waals surface area contributed by atoms with Crippen LogP contribution in [-0.2, 0) is 6.42 Å². The lowest BCUT2D eigenvalue weighted by Crippen LogP contribution is -1.98. The molecule has 0 aliphatic heterocycles. The summed E-state index contributed by atoms with van der Waals surface area (Å²) in [6.45, 7) is 8.12. The van der Waals surface area contributed by atoms with E-state index in [-0.39, 0.29) is 0 Å². The van der Waals surface area contributed by atoms with Crippen molar-refractivity contribution in [3.05, 3.63) is 16.6 Å². The van der Waals surface area contributed by atoms with E-state index in [0.717, 1.165) is 24.1 Å². The molecule has 4 nitrogen and oxygen atoms in total. The predicted molar refractivity (Wildman–Crippen MR) is 83.1 cm³/mol.